The highest BCUT2D eigenvalue weighted by molar-refractivity contribution is 7.94. The molecule has 1 aliphatic heterocycles. The third-order valence-electron chi connectivity index (χ3n) is 3.44. The summed E-state index contributed by atoms with van der Waals surface area (Å²) in [7, 11) is -3.60. The summed E-state index contributed by atoms with van der Waals surface area (Å²) in [6.45, 7) is 0. The minimum absolute atomic E-state index is 0.456. The first-order valence-electron chi connectivity index (χ1n) is 5.15. The van der Waals surface area contributed by atoms with Gasteiger partial charge in [-0.2, -0.15) is 0 Å². The summed E-state index contributed by atoms with van der Waals surface area (Å²) in [6.07, 6.45) is 7.64. The zero-order valence-corrected chi connectivity index (χ0v) is 9.46. The van der Waals surface area contributed by atoms with Gasteiger partial charge in [-0.3, -0.25) is 10.1 Å². The minimum Gasteiger partial charge on any atom is -0.480 e. The summed E-state index contributed by atoms with van der Waals surface area (Å²) >= 11 is 0. The summed E-state index contributed by atoms with van der Waals surface area (Å²) < 4.78 is 24.4. The molecule has 1 saturated carbocycles. The summed E-state index contributed by atoms with van der Waals surface area (Å²) in [5, 5.41) is 10.4. The number of carboxylic acids is 1. The Morgan fingerprint density at radius 3 is 2.38 bits per heavy atom. The molecule has 1 aliphatic carbocycles. The summed E-state index contributed by atoms with van der Waals surface area (Å²) in [4.78, 5) is 9.89. The second-order valence-corrected chi connectivity index (χ2v) is 6.67. The molecule has 0 bridgehead atoms. The maximum atomic E-state index is 12.2. The van der Waals surface area contributed by atoms with Gasteiger partial charge in [0.25, 0.3) is 0 Å². The van der Waals surface area contributed by atoms with E-state index in [2.05, 4.69) is 11.2 Å². The summed E-state index contributed by atoms with van der Waals surface area (Å²) in [6, 6.07) is -1.17. The van der Waals surface area contributed by atoms with E-state index in [4.69, 9.17) is 11.5 Å². The van der Waals surface area contributed by atoms with E-state index in [0.29, 0.717) is 12.8 Å². The number of nitrogens with one attached hydrogen (secondary N) is 1. The molecule has 1 unspecified atom stereocenters. The molecule has 2 aliphatic rings. The molecule has 2 N–H and O–H groups in total. The Labute approximate surface area is 94.1 Å². The van der Waals surface area contributed by atoms with Gasteiger partial charge in [-0.05, 0) is 12.8 Å². The van der Waals surface area contributed by atoms with Crippen molar-refractivity contribution in [1.29, 1.82) is 0 Å². The number of rotatable bonds is 1. The van der Waals surface area contributed by atoms with E-state index in [0.717, 1.165) is 12.8 Å². The summed E-state index contributed by atoms with van der Waals surface area (Å²) in [5.74, 6) is 0.907. The molecule has 1 spiro atoms. The third-order valence-corrected chi connectivity index (χ3v) is 6.13. The predicted octanol–water partition coefficient (Wildman–Crippen LogP) is -0.270. The quantitative estimate of drug-likeness (QED) is 0.619. The van der Waals surface area contributed by atoms with Crippen molar-refractivity contribution >= 4 is 15.8 Å². The van der Waals surface area contributed by atoms with Gasteiger partial charge < -0.3 is 5.11 Å². The van der Waals surface area contributed by atoms with Crippen LogP contribution in [0, 0.1) is 12.3 Å². The molecule has 2 fully saturated rings. The molecular weight excluding hydrogens is 230 g/mol. The Bertz CT molecular complexity index is 456. The Hall–Kier alpha value is -1.06. The van der Waals surface area contributed by atoms with Crippen LogP contribution >= 0.6 is 0 Å². The number of carbonyl (C=O) groups is 1. The maximum absolute atomic E-state index is 12.2. The Morgan fingerprint density at radius 1 is 1.44 bits per heavy atom. The van der Waals surface area contributed by atoms with Gasteiger partial charge >= 0.3 is 5.97 Å². The van der Waals surface area contributed by atoms with Gasteiger partial charge in [0.1, 0.15) is 16.2 Å². The number of hydrogen-bond donors (Lipinski definition) is 2. The standard InChI is InChI=1S/C10H13NO4S/c1-2-7-8(9(12)13)11-10(16(7,14)15)5-3-4-6-10/h1,7-8,11H,3-6H2,(H,12,13)/t7?,8-/m0/s1. The van der Waals surface area contributed by atoms with Crippen LogP contribution < -0.4 is 5.32 Å². The van der Waals surface area contributed by atoms with Gasteiger partial charge in [0.15, 0.2) is 9.84 Å². The Morgan fingerprint density at radius 2 is 2.00 bits per heavy atom. The van der Waals surface area contributed by atoms with Gasteiger partial charge in [-0.1, -0.05) is 18.8 Å². The molecule has 1 heterocycles. The van der Waals surface area contributed by atoms with Crippen LogP contribution in [0.3, 0.4) is 0 Å². The van der Waals surface area contributed by atoms with E-state index in [1.165, 1.54) is 0 Å². The van der Waals surface area contributed by atoms with Gasteiger partial charge in [-0.15, -0.1) is 6.42 Å². The van der Waals surface area contributed by atoms with Gasteiger partial charge in [0.2, 0.25) is 0 Å². The van der Waals surface area contributed by atoms with Crippen LogP contribution in [-0.2, 0) is 14.6 Å². The normalized spacial score (nSPS) is 34.9. The lowest BCUT2D eigenvalue weighted by Gasteiger charge is -2.22. The number of terminal acetylenes is 1. The fourth-order valence-corrected chi connectivity index (χ4v) is 4.97. The van der Waals surface area contributed by atoms with Crippen LogP contribution in [0.25, 0.3) is 0 Å². The van der Waals surface area contributed by atoms with Crippen molar-refractivity contribution in [3.8, 4) is 12.3 Å². The van der Waals surface area contributed by atoms with Crippen molar-refractivity contribution in [2.45, 2.75) is 41.8 Å². The highest BCUT2D eigenvalue weighted by Crippen LogP contribution is 2.42. The monoisotopic (exact) mass is 243 g/mol. The molecule has 0 aromatic carbocycles. The molecule has 0 radical (unpaired) electrons. The van der Waals surface area contributed by atoms with Crippen molar-refractivity contribution in [3.05, 3.63) is 0 Å². The van der Waals surface area contributed by atoms with Crippen LogP contribution in [0.15, 0.2) is 0 Å². The fourth-order valence-electron chi connectivity index (χ4n) is 2.62. The van der Waals surface area contributed by atoms with Crippen molar-refractivity contribution in [1.82, 2.24) is 5.32 Å². The molecule has 0 amide bonds. The van der Waals surface area contributed by atoms with Crippen LogP contribution in [-0.4, -0.2) is 35.7 Å². The lowest BCUT2D eigenvalue weighted by molar-refractivity contribution is -0.139. The fraction of sp³-hybridized carbons (Fsp3) is 0.700. The van der Waals surface area contributed by atoms with E-state index in [-0.39, 0.29) is 0 Å². The number of carboxylic acid groups (broad SMARTS) is 1. The SMILES string of the molecule is C#CC1[C@@H](C(=O)O)NC2(CCCC2)S1(=O)=O. The molecule has 1 saturated heterocycles. The molecule has 88 valence electrons. The average molecular weight is 243 g/mol. The zero-order chi connectivity index (χ0) is 12.0. The lowest BCUT2D eigenvalue weighted by atomic mass is 10.1. The summed E-state index contributed by atoms with van der Waals surface area (Å²) in [5.41, 5.74) is 0. The number of aliphatic carboxylic acids is 1. The van der Waals surface area contributed by atoms with Gasteiger partial charge in [0.05, 0.1) is 0 Å². The highest BCUT2D eigenvalue weighted by Gasteiger charge is 2.60. The minimum atomic E-state index is -3.60. The molecule has 2 atom stereocenters. The maximum Gasteiger partial charge on any atom is 0.323 e. The van der Waals surface area contributed by atoms with E-state index in [1.807, 2.05) is 0 Å². The van der Waals surface area contributed by atoms with Crippen LogP contribution in [0.4, 0.5) is 0 Å². The van der Waals surface area contributed by atoms with E-state index in [9.17, 15) is 13.2 Å². The van der Waals surface area contributed by atoms with Crippen LogP contribution in [0.5, 0.6) is 0 Å². The molecule has 5 nitrogen and oxygen atoms in total. The third kappa shape index (κ3) is 1.28. The number of sulfone groups is 1. The average Bonchev–Trinajstić information content (AvgIpc) is 2.74. The van der Waals surface area contributed by atoms with Crippen LogP contribution in [0.1, 0.15) is 25.7 Å². The topological polar surface area (TPSA) is 83.5 Å². The zero-order valence-electron chi connectivity index (χ0n) is 8.64. The lowest BCUT2D eigenvalue weighted by Crippen LogP contribution is -2.46. The molecule has 6 heteroatoms. The Balaban J connectivity index is 2.48. The molecule has 0 aromatic heterocycles. The molecular formula is C10H13NO4S. The first-order chi connectivity index (χ1) is 7.44. The molecule has 2 rings (SSSR count). The van der Waals surface area contributed by atoms with E-state index in [1.54, 1.807) is 0 Å². The highest BCUT2D eigenvalue weighted by atomic mass is 32.2. The Kier molecular flexibility index (Phi) is 2.48. The van der Waals surface area contributed by atoms with E-state index >= 15 is 0 Å². The van der Waals surface area contributed by atoms with Crippen molar-refractivity contribution in [3.63, 3.8) is 0 Å². The van der Waals surface area contributed by atoms with Gasteiger partial charge in [-0.25, -0.2) is 8.42 Å². The van der Waals surface area contributed by atoms with Crippen molar-refractivity contribution in [2.24, 2.45) is 0 Å². The van der Waals surface area contributed by atoms with Crippen LogP contribution in [0.2, 0.25) is 0 Å². The second-order valence-electron chi connectivity index (χ2n) is 4.29. The smallest absolute Gasteiger partial charge is 0.323 e. The van der Waals surface area contributed by atoms with Crippen molar-refractivity contribution < 1.29 is 18.3 Å². The van der Waals surface area contributed by atoms with Crippen molar-refractivity contribution in [2.75, 3.05) is 0 Å². The van der Waals surface area contributed by atoms with E-state index < -0.39 is 32.0 Å². The first-order valence-corrected chi connectivity index (χ1v) is 6.69. The second kappa shape index (κ2) is 3.47. The first kappa shape index (κ1) is 11.4. The molecule has 16 heavy (non-hydrogen) atoms. The largest absolute Gasteiger partial charge is 0.480 e. The predicted molar refractivity (Wildman–Crippen MR) is 57.3 cm³/mol. The number of hydrogen-bond acceptors (Lipinski definition) is 4. The van der Waals surface area contributed by atoms with Gasteiger partial charge in [0, 0.05) is 0 Å². The molecule has 0 aromatic rings.